The second-order valence-electron chi connectivity index (χ2n) is 6.01. The van der Waals surface area contributed by atoms with Crippen LogP contribution in [0.2, 0.25) is 0 Å². The predicted molar refractivity (Wildman–Crippen MR) is 103 cm³/mol. The van der Waals surface area contributed by atoms with E-state index in [2.05, 4.69) is 29.8 Å². The molecule has 0 amide bonds. The molecule has 0 fully saturated rings. The van der Waals surface area contributed by atoms with Gasteiger partial charge in [-0.05, 0) is 6.42 Å². The molecule has 1 atom stereocenters. The first-order valence-corrected chi connectivity index (χ1v) is 11.1. The molecule has 2 nitrogen and oxygen atoms in total. The molecule has 0 N–H and O–H groups in total. The van der Waals surface area contributed by atoms with Gasteiger partial charge in [-0.25, -0.2) is 0 Å². The Bertz CT molecular complexity index is 247. The third-order valence-corrected chi connectivity index (χ3v) is 5.54. The summed E-state index contributed by atoms with van der Waals surface area (Å²) in [5.41, 5.74) is 0. The molecular formula is C18H35BrO2S. The summed E-state index contributed by atoms with van der Waals surface area (Å²) >= 11 is 5.30. The number of esters is 1. The van der Waals surface area contributed by atoms with Gasteiger partial charge in [-0.15, -0.1) is 0 Å². The van der Waals surface area contributed by atoms with E-state index in [9.17, 15) is 4.79 Å². The van der Waals surface area contributed by atoms with Crippen molar-refractivity contribution in [2.45, 2.75) is 89.3 Å². The summed E-state index contributed by atoms with van der Waals surface area (Å²) in [6.07, 6.45) is 13.6. The molecule has 0 aliphatic heterocycles. The largest absolute Gasteiger partial charge is 0.466 e. The number of thioether (sulfide) groups is 1. The zero-order valence-electron chi connectivity index (χ0n) is 14.6. The lowest BCUT2D eigenvalue weighted by atomic mass is 10.1. The number of unbranched alkanes of at least 4 members (excludes halogenated alkanes) is 9. The molecule has 0 aliphatic rings. The van der Waals surface area contributed by atoms with Crippen LogP contribution in [0.15, 0.2) is 0 Å². The van der Waals surface area contributed by atoms with Gasteiger partial charge in [-0.1, -0.05) is 87.6 Å². The summed E-state index contributed by atoms with van der Waals surface area (Å²) in [5.74, 6) is 1.88. The van der Waals surface area contributed by atoms with Crippen molar-refractivity contribution in [1.82, 2.24) is 0 Å². The molecule has 0 heterocycles. The second-order valence-corrected chi connectivity index (χ2v) is 8.72. The Morgan fingerprint density at radius 2 is 1.55 bits per heavy atom. The Morgan fingerprint density at radius 1 is 1.00 bits per heavy atom. The second kappa shape index (κ2) is 17.7. The Hall–Kier alpha value is 0.300. The summed E-state index contributed by atoms with van der Waals surface area (Å²) in [5, 5.41) is 0. The zero-order chi connectivity index (χ0) is 16.5. The van der Waals surface area contributed by atoms with Crippen molar-refractivity contribution < 1.29 is 9.53 Å². The van der Waals surface area contributed by atoms with Crippen LogP contribution in [-0.2, 0) is 9.53 Å². The van der Waals surface area contributed by atoms with Crippen molar-refractivity contribution >= 4 is 33.7 Å². The van der Waals surface area contributed by atoms with Gasteiger partial charge >= 0.3 is 5.97 Å². The van der Waals surface area contributed by atoms with Crippen LogP contribution in [0.1, 0.15) is 84.5 Å². The van der Waals surface area contributed by atoms with Crippen LogP contribution in [0, 0.1) is 0 Å². The van der Waals surface area contributed by atoms with Crippen molar-refractivity contribution in [3.63, 3.8) is 0 Å². The minimum Gasteiger partial charge on any atom is -0.466 e. The van der Waals surface area contributed by atoms with E-state index in [4.69, 9.17) is 4.74 Å². The maximum atomic E-state index is 11.5. The van der Waals surface area contributed by atoms with E-state index in [1.54, 1.807) is 11.8 Å². The highest BCUT2D eigenvalue weighted by atomic mass is 79.9. The van der Waals surface area contributed by atoms with E-state index in [1.807, 2.05) is 0 Å². The zero-order valence-corrected chi connectivity index (χ0v) is 17.0. The molecule has 0 aromatic rings. The monoisotopic (exact) mass is 394 g/mol. The average Bonchev–Trinajstić information content (AvgIpc) is 2.49. The third-order valence-electron chi connectivity index (χ3n) is 3.56. The fourth-order valence-electron chi connectivity index (χ4n) is 2.25. The molecule has 0 saturated heterocycles. The number of rotatable bonds is 16. The quantitative estimate of drug-likeness (QED) is 0.173. The maximum absolute atomic E-state index is 11.5. The lowest BCUT2D eigenvalue weighted by Crippen LogP contribution is -2.07. The molecule has 0 bridgehead atoms. The Morgan fingerprint density at radius 3 is 2.09 bits per heavy atom. The molecule has 0 aliphatic carbocycles. The van der Waals surface area contributed by atoms with E-state index in [0.717, 1.165) is 17.9 Å². The van der Waals surface area contributed by atoms with Crippen LogP contribution in [0.5, 0.6) is 0 Å². The molecule has 1 unspecified atom stereocenters. The fourth-order valence-corrected chi connectivity index (χ4v) is 3.61. The SMILES string of the molecule is CCCCCCCCCCCCOC(=O)CCSCC(C)Br. The van der Waals surface area contributed by atoms with E-state index in [-0.39, 0.29) is 5.97 Å². The maximum Gasteiger partial charge on any atom is 0.306 e. The van der Waals surface area contributed by atoms with Crippen molar-refractivity contribution in [3.8, 4) is 0 Å². The molecule has 0 rings (SSSR count). The Balaban J connectivity index is 3.14. The number of ether oxygens (including phenoxy) is 1. The summed E-state index contributed by atoms with van der Waals surface area (Å²) in [4.78, 5) is 12.0. The first-order valence-electron chi connectivity index (χ1n) is 9.04. The normalized spacial score (nSPS) is 12.3. The van der Waals surface area contributed by atoms with Crippen LogP contribution in [0.3, 0.4) is 0 Å². The van der Waals surface area contributed by atoms with E-state index >= 15 is 0 Å². The van der Waals surface area contributed by atoms with Gasteiger partial charge in [0.25, 0.3) is 0 Å². The summed E-state index contributed by atoms with van der Waals surface area (Å²) in [7, 11) is 0. The molecule has 132 valence electrons. The lowest BCUT2D eigenvalue weighted by Gasteiger charge is -2.06. The first kappa shape index (κ1) is 22.3. The fraction of sp³-hybridized carbons (Fsp3) is 0.944. The van der Waals surface area contributed by atoms with Gasteiger partial charge in [-0.3, -0.25) is 4.79 Å². The van der Waals surface area contributed by atoms with Gasteiger partial charge in [0.15, 0.2) is 0 Å². The Labute approximate surface area is 150 Å². The molecular weight excluding hydrogens is 360 g/mol. The number of hydrogen-bond acceptors (Lipinski definition) is 3. The molecule has 4 heteroatoms. The van der Waals surface area contributed by atoms with Gasteiger partial charge in [0.2, 0.25) is 0 Å². The van der Waals surface area contributed by atoms with Crippen molar-refractivity contribution in [2.24, 2.45) is 0 Å². The van der Waals surface area contributed by atoms with Gasteiger partial charge < -0.3 is 4.74 Å². The standard InChI is InChI=1S/C18H35BrO2S/c1-3-4-5-6-7-8-9-10-11-12-14-21-18(20)13-15-22-16-17(2)19/h17H,3-16H2,1-2H3. The predicted octanol–water partition coefficient (Wildman–Crippen LogP) is 6.36. The lowest BCUT2D eigenvalue weighted by molar-refractivity contribution is -0.143. The third kappa shape index (κ3) is 18.3. The van der Waals surface area contributed by atoms with E-state index < -0.39 is 0 Å². The van der Waals surface area contributed by atoms with E-state index in [1.165, 1.54) is 57.8 Å². The highest BCUT2D eigenvalue weighted by Crippen LogP contribution is 2.12. The first-order chi connectivity index (χ1) is 10.7. The molecule has 22 heavy (non-hydrogen) atoms. The summed E-state index contributed by atoms with van der Waals surface area (Å²) < 4.78 is 5.26. The molecule has 0 spiro atoms. The van der Waals surface area contributed by atoms with Crippen LogP contribution in [0.25, 0.3) is 0 Å². The number of carbonyl (C=O) groups is 1. The highest BCUT2D eigenvalue weighted by Gasteiger charge is 2.03. The van der Waals surface area contributed by atoms with Crippen molar-refractivity contribution in [2.75, 3.05) is 18.1 Å². The molecule has 0 aromatic carbocycles. The van der Waals surface area contributed by atoms with Gasteiger partial charge in [-0.2, -0.15) is 11.8 Å². The molecule has 0 saturated carbocycles. The van der Waals surface area contributed by atoms with Gasteiger partial charge in [0.05, 0.1) is 13.0 Å². The van der Waals surface area contributed by atoms with Crippen molar-refractivity contribution in [3.05, 3.63) is 0 Å². The minimum atomic E-state index is -0.0364. The Kier molecular flexibility index (Phi) is 17.9. The highest BCUT2D eigenvalue weighted by molar-refractivity contribution is 9.09. The number of hydrogen-bond donors (Lipinski definition) is 0. The smallest absolute Gasteiger partial charge is 0.306 e. The minimum absolute atomic E-state index is 0.0364. The van der Waals surface area contributed by atoms with Crippen LogP contribution in [-0.4, -0.2) is 28.9 Å². The molecule has 0 aromatic heterocycles. The molecule has 0 radical (unpaired) electrons. The van der Waals surface area contributed by atoms with Crippen LogP contribution in [0.4, 0.5) is 0 Å². The average molecular weight is 395 g/mol. The van der Waals surface area contributed by atoms with Gasteiger partial charge in [0.1, 0.15) is 0 Å². The van der Waals surface area contributed by atoms with Crippen LogP contribution < -0.4 is 0 Å². The van der Waals surface area contributed by atoms with Crippen molar-refractivity contribution in [1.29, 1.82) is 0 Å². The van der Waals surface area contributed by atoms with Gasteiger partial charge in [0, 0.05) is 16.3 Å². The van der Waals surface area contributed by atoms with E-state index in [0.29, 0.717) is 17.9 Å². The summed E-state index contributed by atoms with van der Waals surface area (Å²) in [6, 6.07) is 0. The number of carbonyl (C=O) groups excluding carboxylic acids is 1. The number of halogens is 1. The number of alkyl halides is 1. The summed E-state index contributed by atoms with van der Waals surface area (Å²) in [6.45, 7) is 4.99. The van der Waals surface area contributed by atoms with Crippen LogP contribution >= 0.6 is 27.7 Å². The topological polar surface area (TPSA) is 26.3 Å².